The van der Waals surface area contributed by atoms with Crippen LogP contribution in [-0.2, 0) is 0 Å². The van der Waals surface area contributed by atoms with Gasteiger partial charge in [-0.3, -0.25) is 0 Å². The van der Waals surface area contributed by atoms with E-state index in [-0.39, 0.29) is 21.2 Å². The predicted molar refractivity (Wildman–Crippen MR) is 62.3 cm³/mol. The zero-order valence-electron chi connectivity index (χ0n) is 9.79. The van der Waals surface area contributed by atoms with Crippen LogP contribution >= 0.6 is 0 Å². The van der Waals surface area contributed by atoms with Crippen molar-refractivity contribution in [2.24, 2.45) is 0 Å². The fourth-order valence-corrected chi connectivity index (χ4v) is 4.21. The van der Waals surface area contributed by atoms with Crippen LogP contribution in [0.1, 0.15) is 16.7 Å². The Bertz CT molecular complexity index is 468. The van der Waals surface area contributed by atoms with E-state index in [9.17, 15) is 0 Å². The number of aromatic nitrogens is 1. The van der Waals surface area contributed by atoms with Gasteiger partial charge in [-0.05, 0) is 0 Å². The molecule has 0 amide bonds. The van der Waals surface area contributed by atoms with Crippen LogP contribution in [0.2, 0.25) is 0 Å². The summed E-state index contributed by atoms with van der Waals surface area (Å²) in [6.45, 7) is 6.57. The van der Waals surface area contributed by atoms with Crippen molar-refractivity contribution in [3.05, 3.63) is 60.5 Å². The molecule has 0 aliphatic carbocycles. The molecule has 0 bridgehead atoms. The molecule has 0 saturated carbocycles. The summed E-state index contributed by atoms with van der Waals surface area (Å²) in [6.07, 6.45) is 1.88. The Morgan fingerprint density at radius 1 is 1.00 bits per heavy atom. The molecule has 2 rings (SSSR count). The molecule has 0 saturated heterocycles. The zero-order chi connectivity index (χ0) is 11.5. The molecule has 0 aliphatic heterocycles. The summed E-state index contributed by atoms with van der Waals surface area (Å²) in [6, 6.07) is 10.7. The Morgan fingerprint density at radius 3 is 2.25 bits per heavy atom. The first-order chi connectivity index (χ1) is 7.66. The average Bonchev–Trinajstić information content (AvgIpc) is 2.25. The van der Waals surface area contributed by atoms with Gasteiger partial charge < -0.3 is 0 Å². The second kappa shape index (κ2) is 4.95. The van der Waals surface area contributed by atoms with E-state index in [1.54, 1.807) is 0 Å². The summed E-state index contributed by atoms with van der Waals surface area (Å²) in [5.41, 5.74) is 4.18. The number of pyridine rings is 1. The monoisotopic (exact) mass is 324 g/mol. The third-order valence-corrected chi connectivity index (χ3v) is 5.83. The van der Waals surface area contributed by atoms with E-state index in [0.29, 0.717) is 0 Å². The van der Waals surface area contributed by atoms with E-state index in [0.717, 1.165) is 0 Å². The van der Waals surface area contributed by atoms with Gasteiger partial charge in [-0.15, -0.1) is 0 Å². The molecule has 0 aliphatic rings. The van der Waals surface area contributed by atoms with Gasteiger partial charge in [0.25, 0.3) is 0 Å². The Kier molecular flexibility index (Phi) is 3.59. The van der Waals surface area contributed by atoms with E-state index in [4.69, 9.17) is 0 Å². The molecular formula is C14H15IN-. The van der Waals surface area contributed by atoms with E-state index < -0.39 is 0 Å². The van der Waals surface area contributed by atoms with Gasteiger partial charge in [-0.25, -0.2) is 0 Å². The zero-order valence-corrected chi connectivity index (χ0v) is 11.9. The fraction of sp³-hybridized carbons (Fsp3) is 0.214. The SMILES string of the molecule is Cc1cc(C)c([I-]c2ccccn2)c(C)c1. The van der Waals surface area contributed by atoms with E-state index >= 15 is 0 Å². The third kappa shape index (κ3) is 2.61. The molecule has 16 heavy (non-hydrogen) atoms. The summed E-state index contributed by atoms with van der Waals surface area (Å²) in [5.74, 6) is 0. The number of nitrogens with zero attached hydrogens (tertiary/aromatic N) is 1. The molecule has 2 heteroatoms. The maximum absolute atomic E-state index is 4.43. The molecule has 1 nitrogen and oxygen atoms in total. The molecule has 0 spiro atoms. The first kappa shape index (κ1) is 11.6. The molecule has 1 aromatic carbocycles. The third-order valence-electron chi connectivity index (χ3n) is 2.40. The molecule has 0 unspecified atom stereocenters. The second-order valence-electron chi connectivity index (χ2n) is 3.96. The van der Waals surface area contributed by atoms with Crippen molar-refractivity contribution in [2.45, 2.75) is 20.8 Å². The van der Waals surface area contributed by atoms with E-state index in [1.807, 2.05) is 12.3 Å². The summed E-state index contributed by atoms with van der Waals surface area (Å²) in [7, 11) is 0. The van der Waals surface area contributed by atoms with E-state index in [2.05, 4.69) is 50.0 Å². The molecule has 0 radical (unpaired) electrons. The van der Waals surface area contributed by atoms with Gasteiger partial charge in [-0.1, -0.05) is 0 Å². The van der Waals surface area contributed by atoms with Gasteiger partial charge in [0.15, 0.2) is 0 Å². The minimum atomic E-state index is -0.139. The van der Waals surface area contributed by atoms with Crippen LogP contribution in [-0.4, -0.2) is 4.98 Å². The van der Waals surface area contributed by atoms with Crippen LogP contribution in [0, 0.1) is 28.0 Å². The Balaban J connectivity index is 2.35. The normalized spacial score (nSPS) is 10.7. The second-order valence-corrected chi connectivity index (χ2v) is 6.68. The van der Waals surface area contributed by atoms with Crippen LogP contribution in [0.3, 0.4) is 0 Å². The molecule has 84 valence electrons. The van der Waals surface area contributed by atoms with Crippen molar-refractivity contribution < 1.29 is 21.2 Å². The Morgan fingerprint density at radius 2 is 1.69 bits per heavy atom. The number of hydrogen-bond donors (Lipinski definition) is 0. The Hall–Kier alpha value is -0.900. The summed E-state index contributed by atoms with van der Waals surface area (Å²) in [4.78, 5) is 4.43. The van der Waals surface area contributed by atoms with Crippen LogP contribution in [0.15, 0.2) is 36.5 Å². The van der Waals surface area contributed by atoms with Gasteiger partial charge in [0.2, 0.25) is 0 Å². The van der Waals surface area contributed by atoms with Crippen molar-refractivity contribution in [1.29, 1.82) is 0 Å². The van der Waals surface area contributed by atoms with E-state index in [1.165, 1.54) is 24.0 Å². The molecule has 0 atom stereocenters. The molecular weight excluding hydrogens is 309 g/mol. The topological polar surface area (TPSA) is 12.9 Å². The predicted octanol–water partition coefficient (Wildman–Crippen LogP) is 0.135. The van der Waals surface area contributed by atoms with Gasteiger partial charge in [0.05, 0.1) is 0 Å². The standard InChI is InChI=1S/C14H15IN/c1-10-8-11(2)14(12(3)9-10)15-13-6-4-5-7-16-13/h4-9H,1-3H3/q-1. The van der Waals surface area contributed by atoms with Crippen molar-refractivity contribution in [3.8, 4) is 0 Å². The van der Waals surface area contributed by atoms with Gasteiger partial charge in [0, 0.05) is 0 Å². The molecule has 1 heterocycles. The number of rotatable bonds is 2. The average molecular weight is 324 g/mol. The van der Waals surface area contributed by atoms with Crippen molar-refractivity contribution in [2.75, 3.05) is 0 Å². The van der Waals surface area contributed by atoms with Crippen molar-refractivity contribution in [1.82, 2.24) is 4.98 Å². The van der Waals surface area contributed by atoms with Crippen LogP contribution in [0.25, 0.3) is 0 Å². The van der Waals surface area contributed by atoms with Gasteiger partial charge >= 0.3 is 107 Å². The first-order valence-corrected chi connectivity index (χ1v) is 7.46. The molecule has 0 fully saturated rings. The van der Waals surface area contributed by atoms with Gasteiger partial charge in [0.1, 0.15) is 0 Å². The van der Waals surface area contributed by atoms with Crippen molar-refractivity contribution in [3.63, 3.8) is 0 Å². The number of halogens is 1. The molecule has 2 aromatic rings. The summed E-state index contributed by atoms with van der Waals surface area (Å²) >= 11 is -0.139. The molecule has 1 aromatic heterocycles. The number of benzene rings is 1. The van der Waals surface area contributed by atoms with Crippen LogP contribution in [0.4, 0.5) is 0 Å². The first-order valence-electron chi connectivity index (χ1n) is 5.30. The number of hydrogen-bond acceptors (Lipinski definition) is 1. The van der Waals surface area contributed by atoms with Gasteiger partial charge in [-0.2, -0.15) is 0 Å². The quantitative estimate of drug-likeness (QED) is 0.566. The van der Waals surface area contributed by atoms with Crippen LogP contribution < -0.4 is 21.2 Å². The Labute approximate surface area is 107 Å². The fourth-order valence-electron chi connectivity index (χ4n) is 1.81. The minimum absolute atomic E-state index is 0.139. The molecule has 0 N–H and O–H groups in total. The maximum atomic E-state index is 4.43. The summed E-state index contributed by atoms with van der Waals surface area (Å²) < 4.78 is 2.76. The van der Waals surface area contributed by atoms with Crippen molar-refractivity contribution >= 4 is 0 Å². The van der Waals surface area contributed by atoms with Crippen LogP contribution in [0.5, 0.6) is 0 Å². The number of aryl methyl sites for hydroxylation is 3. The summed E-state index contributed by atoms with van der Waals surface area (Å²) in [5, 5.41) is 0.